The first kappa shape index (κ1) is 21.7. The number of nitrogens with zero attached hydrogens (tertiary/aromatic N) is 5. The summed E-state index contributed by atoms with van der Waals surface area (Å²) in [5.41, 5.74) is 0. The van der Waals surface area contributed by atoms with Gasteiger partial charge in [-0.2, -0.15) is 5.10 Å². The minimum atomic E-state index is 0. The number of nitrogens with one attached hydrogen (secondary N) is 2. The Morgan fingerprint density at radius 2 is 2.20 bits per heavy atom. The van der Waals surface area contributed by atoms with E-state index in [1.165, 1.54) is 12.7 Å². The summed E-state index contributed by atoms with van der Waals surface area (Å²) in [5.74, 6) is 1.71. The second-order valence-electron chi connectivity index (χ2n) is 6.10. The van der Waals surface area contributed by atoms with Crippen LogP contribution in [0.4, 0.5) is 0 Å². The highest BCUT2D eigenvalue weighted by Gasteiger charge is 2.22. The van der Waals surface area contributed by atoms with Crippen LogP contribution in [0.1, 0.15) is 45.4 Å². The van der Waals surface area contributed by atoms with Gasteiger partial charge >= 0.3 is 0 Å². The average molecular weight is 463 g/mol. The van der Waals surface area contributed by atoms with E-state index in [1.54, 1.807) is 4.68 Å². The highest BCUT2D eigenvalue weighted by molar-refractivity contribution is 14.0. The summed E-state index contributed by atoms with van der Waals surface area (Å²) in [7, 11) is 1.84. The SMILES string of the molecule is CCNC(=NCc1ncnn1C)NCCC(=O)N1CCCCC1C.I. The largest absolute Gasteiger partial charge is 0.357 e. The van der Waals surface area contributed by atoms with Crippen LogP contribution in [-0.2, 0) is 18.4 Å². The van der Waals surface area contributed by atoms with Crippen LogP contribution in [0, 0.1) is 0 Å². The van der Waals surface area contributed by atoms with Crippen LogP contribution < -0.4 is 10.6 Å². The maximum Gasteiger partial charge on any atom is 0.224 e. The summed E-state index contributed by atoms with van der Waals surface area (Å²) in [6.07, 6.45) is 5.46. The molecule has 2 N–H and O–H groups in total. The van der Waals surface area contributed by atoms with E-state index < -0.39 is 0 Å². The number of hydrogen-bond donors (Lipinski definition) is 2. The van der Waals surface area contributed by atoms with Crippen LogP contribution in [-0.4, -0.2) is 57.2 Å². The number of hydrogen-bond acceptors (Lipinski definition) is 4. The lowest BCUT2D eigenvalue weighted by molar-refractivity contribution is -0.134. The number of guanidine groups is 1. The van der Waals surface area contributed by atoms with Gasteiger partial charge in [0.05, 0.1) is 0 Å². The van der Waals surface area contributed by atoms with Gasteiger partial charge in [-0.1, -0.05) is 0 Å². The number of piperidine rings is 1. The molecule has 1 aromatic rings. The first-order valence-electron chi connectivity index (χ1n) is 8.76. The second-order valence-corrected chi connectivity index (χ2v) is 6.10. The molecule has 1 aromatic heterocycles. The number of carbonyl (C=O) groups is 1. The molecular formula is C16H30IN7O. The topological polar surface area (TPSA) is 87.4 Å². The maximum atomic E-state index is 12.3. The van der Waals surface area contributed by atoms with Crippen LogP contribution in [0.15, 0.2) is 11.3 Å². The molecule has 0 aliphatic carbocycles. The Hall–Kier alpha value is -1.39. The standard InChI is InChI=1S/C16H29N7O.HI/c1-4-17-16(19-11-14-20-12-21-22(14)3)18-9-8-15(24)23-10-6-5-7-13(23)2;/h12-13H,4-11H2,1-3H3,(H2,17,18,19);1H. The summed E-state index contributed by atoms with van der Waals surface area (Å²) < 4.78 is 1.70. The smallest absolute Gasteiger partial charge is 0.224 e. The highest BCUT2D eigenvalue weighted by atomic mass is 127. The lowest BCUT2D eigenvalue weighted by Gasteiger charge is -2.33. The van der Waals surface area contributed by atoms with Gasteiger partial charge in [-0.05, 0) is 33.1 Å². The van der Waals surface area contributed by atoms with Crippen LogP contribution in [0.5, 0.6) is 0 Å². The molecule has 142 valence electrons. The lowest BCUT2D eigenvalue weighted by atomic mass is 10.0. The van der Waals surface area contributed by atoms with Crippen molar-refractivity contribution in [2.45, 2.75) is 52.1 Å². The third kappa shape index (κ3) is 6.79. The molecule has 1 fully saturated rings. The molecule has 2 rings (SSSR count). The fraction of sp³-hybridized carbons (Fsp3) is 0.750. The predicted molar refractivity (Wildman–Crippen MR) is 109 cm³/mol. The summed E-state index contributed by atoms with van der Waals surface area (Å²) in [4.78, 5) is 23.0. The third-order valence-electron chi connectivity index (χ3n) is 4.28. The molecule has 1 aliphatic heterocycles. The molecule has 1 unspecified atom stereocenters. The third-order valence-corrected chi connectivity index (χ3v) is 4.28. The Bertz CT molecular complexity index is 560. The van der Waals surface area contributed by atoms with Crippen LogP contribution in [0.2, 0.25) is 0 Å². The predicted octanol–water partition coefficient (Wildman–Crippen LogP) is 1.28. The van der Waals surface area contributed by atoms with Crippen molar-refractivity contribution in [3.63, 3.8) is 0 Å². The number of aryl methyl sites for hydroxylation is 1. The second kappa shape index (κ2) is 11.3. The number of carbonyl (C=O) groups excluding carboxylic acids is 1. The van der Waals surface area contributed by atoms with Gasteiger partial charge in [-0.3, -0.25) is 9.48 Å². The van der Waals surface area contributed by atoms with Crippen molar-refractivity contribution in [2.75, 3.05) is 19.6 Å². The molecule has 0 saturated carbocycles. The van der Waals surface area contributed by atoms with Crippen molar-refractivity contribution in [1.29, 1.82) is 0 Å². The highest BCUT2D eigenvalue weighted by Crippen LogP contribution is 2.16. The molecule has 1 saturated heterocycles. The van der Waals surface area contributed by atoms with Crippen molar-refractivity contribution in [1.82, 2.24) is 30.3 Å². The first-order valence-corrected chi connectivity index (χ1v) is 8.76. The van der Waals surface area contributed by atoms with Gasteiger partial charge in [0, 0.05) is 39.1 Å². The zero-order chi connectivity index (χ0) is 17.4. The molecule has 2 heterocycles. The minimum Gasteiger partial charge on any atom is -0.357 e. The van der Waals surface area contributed by atoms with Crippen molar-refractivity contribution in [3.8, 4) is 0 Å². The van der Waals surface area contributed by atoms with Gasteiger partial charge in [-0.25, -0.2) is 9.98 Å². The quantitative estimate of drug-likeness (QED) is 0.377. The van der Waals surface area contributed by atoms with Crippen molar-refractivity contribution >= 4 is 35.8 Å². The zero-order valence-corrected chi connectivity index (χ0v) is 17.7. The average Bonchev–Trinajstić information content (AvgIpc) is 2.98. The Morgan fingerprint density at radius 3 is 2.84 bits per heavy atom. The molecule has 9 heteroatoms. The molecule has 0 spiro atoms. The first-order chi connectivity index (χ1) is 11.6. The van der Waals surface area contributed by atoms with Gasteiger partial charge in [0.25, 0.3) is 0 Å². The summed E-state index contributed by atoms with van der Waals surface area (Å²) in [5, 5.41) is 10.4. The fourth-order valence-electron chi connectivity index (χ4n) is 2.85. The van der Waals surface area contributed by atoms with Crippen LogP contribution in [0.25, 0.3) is 0 Å². The Balaban J connectivity index is 0.00000312. The number of aliphatic imine (C=N–C) groups is 1. The summed E-state index contributed by atoms with van der Waals surface area (Å²) in [6.45, 7) is 6.83. The summed E-state index contributed by atoms with van der Waals surface area (Å²) >= 11 is 0. The molecule has 0 radical (unpaired) electrons. The molecule has 0 bridgehead atoms. The number of halogens is 1. The fourth-order valence-corrected chi connectivity index (χ4v) is 2.85. The van der Waals surface area contributed by atoms with Crippen molar-refractivity contribution < 1.29 is 4.79 Å². The molecule has 8 nitrogen and oxygen atoms in total. The normalized spacial score (nSPS) is 17.8. The molecule has 0 aromatic carbocycles. The number of likely N-dealkylation sites (tertiary alicyclic amines) is 1. The van der Waals surface area contributed by atoms with Crippen LogP contribution in [0.3, 0.4) is 0 Å². The van der Waals surface area contributed by atoms with E-state index in [0.29, 0.717) is 31.5 Å². The Kier molecular flexibility index (Phi) is 9.76. The Labute approximate surface area is 166 Å². The molecule has 1 amide bonds. The lowest BCUT2D eigenvalue weighted by Crippen LogP contribution is -2.44. The van der Waals surface area contributed by atoms with Gasteiger partial charge in [0.2, 0.25) is 5.91 Å². The van der Waals surface area contributed by atoms with Crippen molar-refractivity contribution in [3.05, 3.63) is 12.2 Å². The minimum absolute atomic E-state index is 0. The maximum absolute atomic E-state index is 12.3. The van der Waals surface area contributed by atoms with E-state index in [2.05, 4.69) is 32.6 Å². The van der Waals surface area contributed by atoms with Gasteiger partial charge < -0.3 is 15.5 Å². The number of amides is 1. The number of rotatable bonds is 6. The van der Waals surface area contributed by atoms with E-state index in [-0.39, 0.29) is 29.9 Å². The van der Waals surface area contributed by atoms with E-state index >= 15 is 0 Å². The zero-order valence-electron chi connectivity index (χ0n) is 15.4. The van der Waals surface area contributed by atoms with E-state index in [4.69, 9.17) is 0 Å². The summed E-state index contributed by atoms with van der Waals surface area (Å²) in [6, 6.07) is 0.365. The van der Waals surface area contributed by atoms with Gasteiger partial charge in [0.1, 0.15) is 18.7 Å². The van der Waals surface area contributed by atoms with Gasteiger partial charge in [-0.15, -0.1) is 24.0 Å². The van der Waals surface area contributed by atoms with Crippen molar-refractivity contribution in [2.24, 2.45) is 12.0 Å². The van der Waals surface area contributed by atoms with E-state index in [0.717, 1.165) is 31.8 Å². The van der Waals surface area contributed by atoms with E-state index in [1.807, 2.05) is 18.9 Å². The molecule has 1 atom stereocenters. The van der Waals surface area contributed by atoms with Crippen LogP contribution >= 0.6 is 24.0 Å². The molecular weight excluding hydrogens is 433 g/mol. The monoisotopic (exact) mass is 463 g/mol. The number of aromatic nitrogens is 3. The molecule has 25 heavy (non-hydrogen) atoms. The molecule has 1 aliphatic rings. The van der Waals surface area contributed by atoms with Gasteiger partial charge in [0.15, 0.2) is 5.96 Å². The Morgan fingerprint density at radius 1 is 1.40 bits per heavy atom. The van der Waals surface area contributed by atoms with E-state index in [9.17, 15) is 4.79 Å².